The van der Waals surface area contributed by atoms with Crippen LogP contribution in [0.3, 0.4) is 0 Å². The van der Waals surface area contributed by atoms with Crippen molar-refractivity contribution in [1.82, 2.24) is 15.1 Å². The van der Waals surface area contributed by atoms with Crippen LogP contribution in [0.2, 0.25) is 0 Å². The highest BCUT2D eigenvalue weighted by atomic mass is 35.5. The molecule has 0 saturated carbocycles. The van der Waals surface area contributed by atoms with E-state index in [0.717, 1.165) is 24.8 Å². The van der Waals surface area contributed by atoms with Crippen LogP contribution < -0.4 is 16.6 Å². The standard InChI is InChI=1S/C18H24N4O2.ClH/c1-2-3-9-15(12-19)20-17(23)13-22-18(24)11-10-16(21-22)14-7-5-4-6-8-14;/h4-8,10-11,15H,2-3,9,12-13,19H2,1H3,(H,20,23);1H. The molecule has 3 N–H and O–H groups in total. The first-order chi connectivity index (χ1) is 11.6. The minimum atomic E-state index is -0.303. The molecule has 0 spiro atoms. The van der Waals surface area contributed by atoms with Crippen molar-refractivity contribution >= 4 is 18.3 Å². The van der Waals surface area contributed by atoms with Crippen LogP contribution in [0.4, 0.5) is 0 Å². The minimum Gasteiger partial charge on any atom is -0.350 e. The van der Waals surface area contributed by atoms with Crippen molar-refractivity contribution in [2.45, 2.75) is 38.8 Å². The summed E-state index contributed by atoms with van der Waals surface area (Å²) in [5, 5.41) is 7.16. The molecule has 2 rings (SSSR count). The van der Waals surface area contributed by atoms with Crippen molar-refractivity contribution in [3.63, 3.8) is 0 Å². The molecular formula is C18H25ClN4O2. The van der Waals surface area contributed by atoms with Crippen LogP contribution in [0.25, 0.3) is 11.3 Å². The molecule has 2 aromatic rings. The minimum absolute atomic E-state index is 0. The zero-order chi connectivity index (χ0) is 17.4. The van der Waals surface area contributed by atoms with Gasteiger partial charge < -0.3 is 11.1 Å². The third kappa shape index (κ3) is 6.32. The van der Waals surface area contributed by atoms with Crippen molar-refractivity contribution in [3.8, 4) is 11.3 Å². The van der Waals surface area contributed by atoms with Crippen molar-refractivity contribution in [1.29, 1.82) is 0 Å². The normalized spacial score (nSPS) is 11.4. The van der Waals surface area contributed by atoms with E-state index in [4.69, 9.17) is 5.73 Å². The highest BCUT2D eigenvalue weighted by Gasteiger charge is 2.12. The fourth-order valence-electron chi connectivity index (χ4n) is 2.43. The van der Waals surface area contributed by atoms with Gasteiger partial charge in [-0.25, -0.2) is 4.68 Å². The third-order valence-corrected chi connectivity index (χ3v) is 3.79. The summed E-state index contributed by atoms with van der Waals surface area (Å²) in [4.78, 5) is 24.1. The van der Waals surface area contributed by atoms with Crippen LogP contribution in [0, 0.1) is 0 Å². The Morgan fingerprint density at radius 2 is 1.96 bits per heavy atom. The molecule has 0 bridgehead atoms. The largest absolute Gasteiger partial charge is 0.350 e. The van der Waals surface area contributed by atoms with E-state index in [0.29, 0.717) is 12.2 Å². The van der Waals surface area contributed by atoms with Crippen LogP contribution in [0.5, 0.6) is 0 Å². The Bertz CT molecular complexity index is 719. The molecule has 0 aliphatic rings. The van der Waals surface area contributed by atoms with Gasteiger partial charge in [0, 0.05) is 24.2 Å². The van der Waals surface area contributed by atoms with Gasteiger partial charge in [0.05, 0.1) is 5.69 Å². The molecule has 1 aromatic heterocycles. The molecule has 1 unspecified atom stereocenters. The summed E-state index contributed by atoms with van der Waals surface area (Å²) in [5.41, 5.74) is 6.94. The SMILES string of the molecule is CCCCC(CN)NC(=O)Cn1nc(-c2ccccc2)ccc1=O.Cl. The number of halogens is 1. The number of aromatic nitrogens is 2. The van der Waals surface area contributed by atoms with Crippen LogP contribution >= 0.6 is 12.4 Å². The van der Waals surface area contributed by atoms with Gasteiger partial charge in [0.25, 0.3) is 5.56 Å². The molecule has 1 amide bonds. The van der Waals surface area contributed by atoms with E-state index in [-0.39, 0.29) is 36.5 Å². The molecule has 136 valence electrons. The number of rotatable bonds is 8. The number of amides is 1. The summed E-state index contributed by atoms with van der Waals surface area (Å²) in [7, 11) is 0. The molecule has 25 heavy (non-hydrogen) atoms. The van der Waals surface area contributed by atoms with Gasteiger partial charge in [-0.3, -0.25) is 9.59 Å². The van der Waals surface area contributed by atoms with Crippen molar-refractivity contribution in [2.75, 3.05) is 6.54 Å². The smallest absolute Gasteiger partial charge is 0.267 e. The summed E-state index contributed by atoms with van der Waals surface area (Å²) in [6.07, 6.45) is 2.89. The van der Waals surface area contributed by atoms with Crippen LogP contribution in [0.1, 0.15) is 26.2 Å². The van der Waals surface area contributed by atoms with Crippen LogP contribution in [0.15, 0.2) is 47.3 Å². The monoisotopic (exact) mass is 364 g/mol. The zero-order valence-corrected chi connectivity index (χ0v) is 15.2. The molecule has 0 aliphatic carbocycles. The lowest BCUT2D eigenvalue weighted by molar-refractivity contribution is -0.122. The first-order valence-corrected chi connectivity index (χ1v) is 8.27. The van der Waals surface area contributed by atoms with E-state index >= 15 is 0 Å². The van der Waals surface area contributed by atoms with Crippen molar-refractivity contribution in [3.05, 3.63) is 52.8 Å². The number of benzene rings is 1. The number of hydrogen-bond acceptors (Lipinski definition) is 4. The summed E-state index contributed by atoms with van der Waals surface area (Å²) < 4.78 is 1.19. The third-order valence-electron chi connectivity index (χ3n) is 3.79. The van der Waals surface area contributed by atoms with Gasteiger partial charge in [-0.2, -0.15) is 5.10 Å². The van der Waals surface area contributed by atoms with E-state index in [1.807, 2.05) is 30.3 Å². The number of carbonyl (C=O) groups excluding carboxylic acids is 1. The second-order valence-corrected chi connectivity index (χ2v) is 5.72. The van der Waals surface area contributed by atoms with Crippen LogP contribution in [-0.2, 0) is 11.3 Å². The Morgan fingerprint density at radius 1 is 1.24 bits per heavy atom. The second kappa shape index (κ2) is 10.6. The lowest BCUT2D eigenvalue weighted by Crippen LogP contribution is -2.43. The fourth-order valence-corrected chi connectivity index (χ4v) is 2.43. The Kier molecular flexibility index (Phi) is 8.88. The van der Waals surface area contributed by atoms with E-state index in [1.54, 1.807) is 6.07 Å². The highest BCUT2D eigenvalue weighted by molar-refractivity contribution is 5.85. The zero-order valence-electron chi connectivity index (χ0n) is 14.4. The average Bonchev–Trinajstić information content (AvgIpc) is 2.61. The number of unbranched alkanes of at least 4 members (excludes halogenated alkanes) is 1. The molecule has 0 radical (unpaired) electrons. The average molecular weight is 365 g/mol. The highest BCUT2D eigenvalue weighted by Crippen LogP contribution is 2.13. The number of nitrogens with zero attached hydrogens (tertiary/aromatic N) is 2. The Labute approximate surface area is 153 Å². The van der Waals surface area contributed by atoms with Gasteiger partial charge in [0.2, 0.25) is 5.91 Å². The summed E-state index contributed by atoms with van der Waals surface area (Å²) in [6.45, 7) is 2.37. The van der Waals surface area contributed by atoms with E-state index in [1.165, 1.54) is 10.7 Å². The van der Waals surface area contributed by atoms with Gasteiger partial charge in [-0.15, -0.1) is 12.4 Å². The Hall–Kier alpha value is -2.18. The maximum Gasteiger partial charge on any atom is 0.267 e. The summed E-state index contributed by atoms with van der Waals surface area (Å²) >= 11 is 0. The molecule has 0 aliphatic heterocycles. The van der Waals surface area contributed by atoms with E-state index in [9.17, 15) is 9.59 Å². The molecule has 6 nitrogen and oxygen atoms in total. The van der Waals surface area contributed by atoms with Gasteiger partial charge >= 0.3 is 0 Å². The topological polar surface area (TPSA) is 90.0 Å². The number of nitrogens with one attached hydrogen (secondary N) is 1. The fraction of sp³-hybridized carbons (Fsp3) is 0.389. The number of hydrogen-bond donors (Lipinski definition) is 2. The lowest BCUT2D eigenvalue weighted by Gasteiger charge is -2.16. The van der Waals surface area contributed by atoms with Gasteiger partial charge in [0.15, 0.2) is 0 Å². The number of carbonyl (C=O) groups is 1. The van der Waals surface area contributed by atoms with E-state index < -0.39 is 0 Å². The predicted molar refractivity (Wildman–Crippen MR) is 102 cm³/mol. The molecule has 0 fully saturated rings. The van der Waals surface area contributed by atoms with Gasteiger partial charge in [0.1, 0.15) is 6.54 Å². The summed E-state index contributed by atoms with van der Waals surface area (Å²) in [5.74, 6) is -0.249. The molecular weight excluding hydrogens is 340 g/mol. The van der Waals surface area contributed by atoms with Gasteiger partial charge in [-0.05, 0) is 12.5 Å². The molecule has 0 saturated heterocycles. The van der Waals surface area contributed by atoms with Crippen molar-refractivity contribution in [2.24, 2.45) is 5.73 Å². The quantitative estimate of drug-likeness (QED) is 0.749. The Morgan fingerprint density at radius 3 is 2.60 bits per heavy atom. The van der Waals surface area contributed by atoms with E-state index in [2.05, 4.69) is 17.3 Å². The lowest BCUT2D eigenvalue weighted by atomic mass is 10.1. The molecule has 1 heterocycles. The first-order valence-electron chi connectivity index (χ1n) is 8.27. The summed E-state index contributed by atoms with van der Waals surface area (Å²) in [6, 6.07) is 12.6. The first kappa shape index (κ1) is 20.9. The molecule has 7 heteroatoms. The maximum atomic E-state index is 12.2. The van der Waals surface area contributed by atoms with Crippen molar-refractivity contribution < 1.29 is 4.79 Å². The Balaban J connectivity index is 0.00000312. The second-order valence-electron chi connectivity index (χ2n) is 5.72. The van der Waals surface area contributed by atoms with Crippen LogP contribution in [-0.4, -0.2) is 28.3 Å². The number of nitrogens with two attached hydrogens (primary N) is 1. The van der Waals surface area contributed by atoms with Gasteiger partial charge in [-0.1, -0.05) is 50.1 Å². The molecule has 1 atom stereocenters. The molecule has 1 aromatic carbocycles. The maximum absolute atomic E-state index is 12.2. The predicted octanol–water partition coefficient (Wildman–Crippen LogP) is 1.97.